The van der Waals surface area contributed by atoms with Crippen LogP contribution in [0.15, 0.2) is 0 Å². The standard InChI is InChI=1S/C13H26ClN3O2S/c1-15-8-3-5-12-11-17(10-6-13(12)15)20(18,19)16(2)9-4-7-14/h12-13H,3-11H2,1-2H3. The fraction of sp³-hybridized carbons (Fsp3) is 1.00. The van der Waals surface area contributed by atoms with Crippen molar-refractivity contribution >= 4 is 21.8 Å². The molecule has 2 rings (SSSR count). The van der Waals surface area contributed by atoms with Crippen molar-refractivity contribution in [1.29, 1.82) is 0 Å². The SMILES string of the molecule is CN1CCCC2CN(S(=O)(=O)N(C)CCCCl)CCC21. The van der Waals surface area contributed by atoms with E-state index in [1.54, 1.807) is 11.4 Å². The third-order valence-electron chi connectivity index (χ3n) is 4.64. The Morgan fingerprint density at radius 1 is 1.30 bits per heavy atom. The molecule has 0 aromatic carbocycles. The van der Waals surface area contributed by atoms with E-state index in [4.69, 9.17) is 11.6 Å². The van der Waals surface area contributed by atoms with Gasteiger partial charge in [0.2, 0.25) is 0 Å². The molecule has 0 bridgehead atoms. The Bertz CT molecular complexity index is 418. The Morgan fingerprint density at radius 2 is 2.05 bits per heavy atom. The summed E-state index contributed by atoms with van der Waals surface area (Å²) in [4.78, 5) is 2.40. The second kappa shape index (κ2) is 6.92. The molecule has 20 heavy (non-hydrogen) atoms. The summed E-state index contributed by atoms with van der Waals surface area (Å²) in [6.45, 7) is 2.95. The largest absolute Gasteiger partial charge is 0.303 e. The van der Waals surface area contributed by atoms with Gasteiger partial charge in [-0.15, -0.1) is 11.6 Å². The monoisotopic (exact) mass is 323 g/mol. The summed E-state index contributed by atoms with van der Waals surface area (Å²) < 4.78 is 28.2. The zero-order valence-electron chi connectivity index (χ0n) is 12.5. The molecule has 0 N–H and O–H groups in total. The highest BCUT2D eigenvalue weighted by atomic mass is 35.5. The van der Waals surface area contributed by atoms with Crippen molar-refractivity contribution in [2.75, 3.05) is 46.2 Å². The molecule has 0 aromatic heterocycles. The zero-order chi connectivity index (χ0) is 14.8. The Hall–Kier alpha value is 0.120. The van der Waals surface area contributed by atoms with E-state index < -0.39 is 10.2 Å². The number of hydrogen-bond acceptors (Lipinski definition) is 3. The maximum atomic E-state index is 12.5. The van der Waals surface area contributed by atoms with Crippen LogP contribution in [0.5, 0.6) is 0 Å². The van der Waals surface area contributed by atoms with E-state index in [1.165, 1.54) is 10.7 Å². The summed E-state index contributed by atoms with van der Waals surface area (Å²) in [5, 5.41) is 0. The van der Waals surface area contributed by atoms with Gasteiger partial charge >= 0.3 is 0 Å². The minimum Gasteiger partial charge on any atom is -0.303 e. The van der Waals surface area contributed by atoms with Gasteiger partial charge in [0.05, 0.1) is 0 Å². The molecule has 2 fully saturated rings. The van der Waals surface area contributed by atoms with Crippen LogP contribution in [-0.2, 0) is 10.2 Å². The van der Waals surface area contributed by atoms with Crippen molar-refractivity contribution in [3.63, 3.8) is 0 Å². The Kier molecular flexibility index (Phi) is 5.71. The molecule has 2 unspecified atom stereocenters. The molecule has 118 valence electrons. The summed E-state index contributed by atoms with van der Waals surface area (Å²) in [6, 6.07) is 0.559. The number of halogens is 1. The van der Waals surface area contributed by atoms with E-state index in [0.29, 0.717) is 43.9 Å². The number of alkyl halides is 1. The van der Waals surface area contributed by atoms with Crippen molar-refractivity contribution in [2.45, 2.75) is 31.7 Å². The Labute approximate surface area is 128 Å². The lowest BCUT2D eigenvalue weighted by Crippen LogP contribution is -2.55. The highest BCUT2D eigenvalue weighted by molar-refractivity contribution is 7.86. The topological polar surface area (TPSA) is 43.9 Å². The summed E-state index contributed by atoms with van der Waals surface area (Å²) in [5.41, 5.74) is 0. The third kappa shape index (κ3) is 3.47. The summed E-state index contributed by atoms with van der Waals surface area (Å²) >= 11 is 5.65. The van der Waals surface area contributed by atoms with Gasteiger partial charge in [0, 0.05) is 38.6 Å². The van der Waals surface area contributed by atoms with Crippen molar-refractivity contribution in [3.05, 3.63) is 0 Å². The lowest BCUT2D eigenvalue weighted by atomic mass is 9.85. The van der Waals surface area contributed by atoms with E-state index in [-0.39, 0.29) is 0 Å². The van der Waals surface area contributed by atoms with E-state index in [0.717, 1.165) is 19.4 Å². The smallest absolute Gasteiger partial charge is 0.281 e. The second-order valence-corrected chi connectivity index (χ2v) is 8.38. The third-order valence-corrected chi connectivity index (χ3v) is 6.86. The number of hydrogen-bond donors (Lipinski definition) is 0. The molecule has 2 heterocycles. The minimum atomic E-state index is -3.31. The van der Waals surface area contributed by atoms with E-state index >= 15 is 0 Å². The summed E-state index contributed by atoms with van der Waals surface area (Å²) in [6.07, 6.45) is 3.96. The number of rotatable bonds is 5. The molecule has 0 saturated carbocycles. The highest BCUT2D eigenvalue weighted by Crippen LogP contribution is 2.31. The first kappa shape index (κ1) is 16.5. The van der Waals surface area contributed by atoms with Gasteiger partial charge in [0.15, 0.2) is 0 Å². The van der Waals surface area contributed by atoms with Gasteiger partial charge in [-0.2, -0.15) is 17.0 Å². The molecule has 0 aromatic rings. The van der Waals surface area contributed by atoms with Crippen LogP contribution in [0.3, 0.4) is 0 Å². The number of piperidine rings is 2. The maximum Gasteiger partial charge on any atom is 0.281 e. The van der Waals surface area contributed by atoms with Crippen molar-refractivity contribution in [2.24, 2.45) is 5.92 Å². The van der Waals surface area contributed by atoms with Gasteiger partial charge < -0.3 is 4.90 Å². The van der Waals surface area contributed by atoms with Crippen LogP contribution in [0.2, 0.25) is 0 Å². The zero-order valence-corrected chi connectivity index (χ0v) is 14.0. The summed E-state index contributed by atoms with van der Waals surface area (Å²) in [7, 11) is 0.501. The predicted molar refractivity (Wildman–Crippen MR) is 82.2 cm³/mol. The normalized spacial score (nSPS) is 29.6. The molecule has 0 spiro atoms. The molecule has 2 aliphatic heterocycles. The molecule has 7 heteroatoms. The molecule has 2 saturated heterocycles. The number of likely N-dealkylation sites (tertiary alicyclic amines) is 1. The van der Waals surface area contributed by atoms with Crippen LogP contribution in [0, 0.1) is 5.92 Å². The van der Waals surface area contributed by atoms with Crippen LogP contribution in [0.25, 0.3) is 0 Å². The first-order chi connectivity index (χ1) is 9.46. The molecule has 0 aliphatic carbocycles. The van der Waals surface area contributed by atoms with Gasteiger partial charge in [0.1, 0.15) is 0 Å². The van der Waals surface area contributed by atoms with Crippen LogP contribution in [0.1, 0.15) is 25.7 Å². The van der Waals surface area contributed by atoms with Gasteiger partial charge in [-0.25, -0.2) is 0 Å². The van der Waals surface area contributed by atoms with Gasteiger partial charge in [-0.3, -0.25) is 0 Å². The fourth-order valence-electron chi connectivity index (χ4n) is 3.42. The first-order valence-corrected chi connectivity index (χ1v) is 9.37. The molecule has 0 radical (unpaired) electrons. The molecular formula is C13H26ClN3O2S. The van der Waals surface area contributed by atoms with Gasteiger partial charge in [-0.1, -0.05) is 0 Å². The van der Waals surface area contributed by atoms with Crippen molar-refractivity contribution in [1.82, 2.24) is 13.5 Å². The lowest BCUT2D eigenvalue weighted by molar-refractivity contribution is 0.0653. The van der Waals surface area contributed by atoms with Gasteiger partial charge in [0.25, 0.3) is 10.2 Å². The van der Waals surface area contributed by atoms with E-state index in [1.807, 2.05) is 0 Å². The average molecular weight is 324 g/mol. The molecule has 2 atom stereocenters. The Balaban J connectivity index is 2.00. The molecule has 5 nitrogen and oxygen atoms in total. The van der Waals surface area contributed by atoms with Gasteiger partial charge in [-0.05, 0) is 45.2 Å². The predicted octanol–water partition coefficient (Wildman–Crippen LogP) is 1.21. The lowest BCUT2D eigenvalue weighted by Gasteiger charge is -2.45. The maximum absolute atomic E-state index is 12.5. The van der Waals surface area contributed by atoms with E-state index in [2.05, 4.69) is 11.9 Å². The van der Waals surface area contributed by atoms with Crippen LogP contribution in [0.4, 0.5) is 0 Å². The average Bonchev–Trinajstić information content (AvgIpc) is 2.44. The number of fused-ring (bicyclic) bond motifs is 1. The fourth-order valence-corrected chi connectivity index (χ4v) is 5.01. The van der Waals surface area contributed by atoms with Crippen LogP contribution < -0.4 is 0 Å². The molecule has 0 amide bonds. The van der Waals surface area contributed by atoms with Crippen molar-refractivity contribution < 1.29 is 8.42 Å². The molecule has 2 aliphatic rings. The van der Waals surface area contributed by atoms with E-state index in [9.17, 15) is 8.42 Å². The van der Waals surface area contributed by atoms with Crippen molar-refractivity contribution in [3.8, 4) is 0 Å². The van der Waals surface area contributed by atoms with Crippen LogP contribution >= 0.6 is 11.6 Å². The highest BCUT2D eigenvalue weighted by Gasteiger charge is 2.39. The Morgan fingerprint density at radius 3 is 2.75 bits per heavy atom. The van der Waals surface area contributed by atoms with Crippen LogP contribution in [-0.4, -0.2) is 74.1 Å². The summed E-state index contributed by atoms with van der Waals surface area (Å²) in [5.74, 6) is 0.980. The minimum absolute atomic E-state index is 0.485. The quantitative estimate of drug-likeness (QED) is 0.714. The first-order valence-electron chi connectivity index (χ1n) is 7.44. The molecular weight excluding hydrogens is 298 g/mol. The second-order valence-electron chi connectivity index (χ2n) is 5.97. The number of nitrogens with zero attached hydrogens (tertiary/aromatic N) is 3.